The van der Waals surface area contributed by atoms with Gasteiger partial charge in [-0.3, -0.25) is 10.1 Å². The van der Waals surface area contributed by atoms with Crippen LogP contribution < -0.4 is 5.32 Å². The molecule has 0 aliphatic carbocycles. The number of nitrogens with one attached hydrogen (secondary N) is 1. The van der Waals surface area contributed by atoms with Crippen LogP contribution in [0.3, 0.4) is 0 Å². The highest BCUT2D eigenvalue weighted by Crippen LogP contribution is 2.40. The lowest BCUT2D eigenvalue weighted by atomic mass is 10.2. The molecule has 0 aliphatic rings. The molecule has 1 aromatic carbocycles. The highest BCUT2D eigenvalue weighted by molar-refractivity contribution is 7.99. The van der Waals surface area contributed by atoms with Crippen molar-refractivity contribution in [1.82, 2.24) is 4.98 Å². The fraction of sp³-hybridized carbons (Fsp3) is 0.214. The minimum atomic E-state index is -0.378. The van der Waals surface area contributed by atoms with Crippen LogP contribution in [0, 0.1) is 10.1 Å². The smallest absolute Gasteiger partial charge is 0.306 e. The number of nitro groups is 1. The molecule has 0 saturated heterocycles. The minimum absolute atomic E-state index is 0.0534. The van der Waals surface area contributed by atoms with Gasteiger partial charge < -0.3 is 5.32 Å². The third-order valence-electron chi connectivity index (χ3n) is 2.68. The fourth-order valence-electron chi connectivity index (χ4n) is 1.75. The predicted molar refractivity (Wildman–Crippen MR) is 85.2 cm³/mol. The zero-order valence-electron chi connectivity index (χ0n) is 11.4. The lowest BCUT2D eigenvalue weighted by Gasteiger charge is -2.09. The Morgan fingerprint density at radius 1 is 1.38 bits per heavy atom. The van der Waals surface area contributed by atoms with Crippen molar-refractivity contribution in [2.24, 2.45) is 0 Å². The molecule has 0 bridgehead atoms. The number of pyridine rings is 1. The molecule has 0 spiro atoms. The standard InChI is InChI=1S/C14H14ClN3O2S/c1-2-8-16-11-6-3-7-12(13(11)18(19)20)21-14-10(15)5-4-9-17-14/h3-7,9,16H,2,8H2,1H3. The van der Waals surface area contributed by atoms with Crippen LogP contribution in [-0.2, 0) is 0 Å². The summed E-state index contributed by atoms with van der Waals surface area (Å²) in [5.74, 6) is 0. The van der Waals surface area contributed by atoms with Crippen LogP contribution in [0.25, 0.3) is 0 Å². The maximum absolute atomic E-state index is 11.4. The average Bonchev–Trinajstić information content (AvgIpc) is 2.47. The molecule has 0 unspecified atom stereocenters. The number of benzene rings is 1. The SMILES string of the molecule is CCCNc1cccc(Sc2ncccc2Cl)c1[N+](=O)[O-]. The maximum atomic E-state index is 11.4. The first-order valence-corrected chi connectivity index (χ1v) is 7.62. The highest BCUT2D eigenvalue weighted by Gasteiger charge is 2.21. The molecule has 0 radical (unpaired) electrons. The summed E-state index contributed by atoms with van der Waals surface area (Å²) in [5, 5.41) is 15.5. The summed E-state index contributed by atoms with van der Waals surface area (Å²) in [6, 6.07) is 8.62. The van der Waals surface area contributed by atoms with Gasteiger partial charge in [0, 0.05) is 12.7 Å². The Hall–Kier alpha value is -1.79. The van der Waals surface area contributed by atoms with Gasteiger partial charge in [-0.1, -0.05) is 36.4 Å². The second kappa shape index (κ2) is 7.28. The molecule has 1 aromatic heterocycles. The molecule has 0 aliphatic heterocycles. The first-order chi connectivity index (χ1) is 10.1. The van der Waals surface area contributed by atoms with Crippen molar-refractivity contribution in [2.45, 2.75) is 23.3 Å². The molecule has 110 valence electrons. The summed E-state index contributed by atoms with van der Waals surface area (Å²) in [6.07, 6.45) is 2.50. The van der Waals surface area contributed by atoms with E-state index in [2.05, 4.69) is 10.3 Å². The van der Waals surface area contributed by atoms with E-state index in [9.17, 15) is 10.1 Å². The molecule has 1 N–H and O–H groups in total. The van der Waals surface area contributed by atoms with Gasteiger partial charge in [-0.05, 0) is 30.7 Å². The lowest BCUT2D eigenvalue weighted by Crippen LogP contribution is -2.04. The number of anilines is 1. The molecule has 1 heterocycles. The van der Waals surface area contributed by atoms with Crippen LogP contribution in [-0.4, -0.2) is 16.5 Å². The molecule has 5 nitrogen and oxygen atoms in total. The van der Waals surface area contributed by atoms with E-state index in [1.165, 1.54) is 11.8 Å². The highest BCUT2D eigenvalue weighted by atomic mass is 35.5. The molecule has 7 heteroatoms. The zero-order chi connectivity index (χ0) is 15.2. The number of hydrogen-bond donors (Lipinski definition) is 1. The number of aromatic nitrogens is 1. The van der Waals surface area contributed by atoms with Gasteiger partial charge >= 0.3 is 5.69 Å². The Bertz CT molecular complexity index is 652. The summed E-state index contributed by atoms with van der Waals surface area (Å²) in [7, 11) is 0. The fourth-order valence-corrected chi connectivity index (χ4v) is 2.90. The van der Waals surface area contributed by atoms with Crippen molar-refractivity contribution >= 4 is 34.7 Å². The van der Waals surface area contributed by atoms with Crippen LogP contribution in [0.15, 0.2) is 46.5 Å². The van der Waals surface area contributed by atoms with Crippen molar-refractivity contribution < 1.29 is 4.92 Å². The Balaban J connectivity index is 2.39. The predicted octanol–water partition coefficient (Wildman–Crippen LogP) is 4.62. The average molecular weight is 324 g/mol. The topological polar surface area (TPSA) is 68.1 Å². The Labute approximate surface area is 131 Å². The number of nitro benzene ring substituents is 1. The van der Waals surface area contributed by atoms with E-state index in [0.29, 0.717) is 27.2 Å². The number of rotatable bonds is 6. The van der Waals surface area contributed by atoms with Gasteiger partial charge in [0.2, 0.25) is 0 Å². The van der Waals surface area contributed by atoms with E-state index in [1.54, 1.807) is 36.5 Å². The molecular formula is C14H14ClN3O2S. The molecule has 2 rings (SSSR count). The van der Waals surface area contributed by atoms with Gasteiger partial charge in [-0.15, -0.1) is 0 Å². The molecule has 2 aromatic rings. The Morgan fingerprint density at radius 2 is 2.19 bits per heavy atom. The van der Waals surface area contributed by atoms with Crippen molar-refractivity contribution in [3.8, 4) is 0 Å². The van der Waals surface area contributed by atoms with Gasteiger partial charge in [0.1, 0.15) is 10.7 Å². The molecule has 0 amide bonds. The van der Waals surface area contributed by atoms with E-state index in [4.69, 9.17) is 11.6 Å². The van der Waals surface area contributed by atoms with Gasteiger partial charge in [0.15, 0.2) is 0 Å². The largest absolute Gasteiger partial charge is 0.379 e. The second-order valence-corrected chi connectivity index (χ2v) is 5.67. The van der Waals surface area contributed by atoms with Gasteiger partial charge in [0.05, 0.1) is 14.8 Å². The van der Waals surface area contributed by atoms with Crippen LogP contribution >= 0.6 is 23.4 Å². The van der Waals surface area contributed by atoms with Crippen molar-refractivity contribution in [3.63, 3.8) is 0 Å². The minimum Gasteiger partial charge on any atom is -0.379 e. The Kier molecular flexibility index (Phi) is 5.41. The second-order valence-electron chi connectivity index (χ2n) is 4.23. The molecule has 0 saturated carbocycles. The van der Waals surface area contributed by atoms with Crippen LogP contribution in [0.4, 0.5) is 11.4 Å². The molecule has 0 atom stereocenters. The van der Waals surface area contributed by atoms with Gasteiger partial charge in [0.25, 0.3) is 0 Å². The number of nitrogens with zero attached hydrogens (tertiary/aromatic N) is 2. The maximum Gasteiger partial charge on any atom is 0.306 e. The van der Waals surface area contributed by atoms with Crippen molar-refractivity contribution in [3.05, 3.63) is 51.7 Å². The van der Waals surface area contributed by atoms with E-state index < -0.39 is 0 Å². The summed E-state index contributed by atoms with van der Waals surface area (Å²) in [6.45, 7) is 2.68. The van der Waals surface area contributed by atoms with E-state index in [0.717, 1.165) is 6.42 Å². The third kappa shape index (κ3) is 3.86. The van der Waals surface area contributed by atoms with Crippen LogP contribution in [0.1, 0.15) is 13.3 Å². The molecule has 21 heavy (non-hydrogen) atoms. The molecule has 0 fully saturated rings. The van der Waals surface area contributed by atoms with Crippen molar-refractivity contribution in [1.29, 1.82) is 0 Å². The van der Waals surface area contributed by atoms with Crippen LogP contribution in [0.5, 0.6) is 0 Å². The van der Waals surface area contributed by atoms with E-state index >= 15 is 0 Å². The van der Waals surface area contributed by atoms with Gasteiger partial charge in [-0.25, -0.2) is 4.98 Å². The zero-order valence-corrected chi connectivity index (χ0v) is 12.9. The van der Waals surface area contributed by atoms with E-state index in [1.807, 2.05) is 6.92 Å². The Morgan fingerprint density at radius 3 is 2.86 bits per heavy atom. The first kappa shape index (κ1) is 15.6. The van der Waals surface area contributed by atoms with Crippen molar-refractivity contribution in [2.75, 3.05) is 11.9 Å². The number of halogens is 1. The number of para-hydroxylation sites is 1. The quantitative estimate of drug-likeness (QED) is 0.620. The molecular weight excluding hydrogens is 310 g/mol. The van der Waals surface area contributed by atoms with E-state index in [-0.39, 0.29) is 10.6 Å². The lowest BCUT2D eigenvalue weighted by molar-refractivity contribution is -0.386. The summed E-state index contributed by atoms with van der Waals surface area (Å²) in [4.78, 5) is 15.7. The monoisotopic (exact) mass is 323 g/mol. The summed E-state index contributed by atoms with van der Waals surface area (Å²) >= 11 is 7.25. The first-order valence-electron chi connectivity index (χ1n) is 6.43. The normalized spacial score (nSPS) is 10.4. The van der Waals surface area contributed by atoms with Gasteiger partial charge in [-0.2, -0.15) is 0 Å². The summed E-state index contributed by atoms with van der Waals surface area (Å²) in [5.41, 5.74) is 0.566. The number of hydrogen-bond acceptors (Lipinski definition) is 5. The van der Waals surface area contributed by atoms with Crippen LogP contribution in [0.2, 0.25) is 5.02 Å². The summed E-state index contributed by atoms with van der Waals surface area (Å²) < 4.78 is 0. The third-order valence-corrected chi connectivity index (χ3v) is 4.16.